The van der Waals surface area contributed by atoms with Crippen molar-refractivity contribution < 1.29 is 18.4 Å². The van der Waals surface area contributed by atoms with Crippen molar-refractivity contribution in [2.75, 3.05) is 0 Å². The molecule has 0 spiro atoms. The van der Waals surface area contributed by atoms with Gasteiger partial charge in [0.05, 0.1) is 6.20 Å². The lowest BCUT2D eigenvalue weighted by atomic mass is 9.93. The minimum absolute atomic E-state index is 0.0109. The molecule has 0 fully saturated rings. The van der Waals surface area contributed by atoms with Crippen LogP contribution < -0.4 is 10.1 Å². The molecular formula is C18H17FN4O3. The molecule has 1 aromatic carbocycles. The van der Waals surface area contributed by atoms with E-state index in [-0.39, 0.29) is 30.0 Å². The Morgan fingerprint density at radius 3 is 3.19 bits per heavy atom. The SMILES string of the molecule is O=C(NC1CCc2[nH]ncc2C1)c1cc(COc2ccccc2F)on1. The Morgan fingerprint density at radius 1 is 1.42 bits per heavy atom. The van der Waals surface area contributed by atoms with Crippen molar-refractivity contribution in [3.05, 3.63) is 65.1 Å². The van der Waals surface area contributed by atoms with Gasteiger partial charge in [-0.2, -0.15) is 5.10 Å². The highest BCUT2D eigenvalue weighted by Crippen LogP contribution is 2.20. The number of aromatic nitrogens is 3. The van der Waals surface area contributed by atoms with Crippen LogP contribution in [0.3, 0.4) is 0 Å². The number of carbonyl (C=O) groups excluding carboxylic acids is 1. The summed E-state index contributed by atoms with van der Waals surface area (Å²) in [6, 6.07) is 7.62. The number of fused-ring (bicyclic) bond motifs is 1. The summed E-state index contributed by atoms with van der Waals surface area (Å²) in [6.45, 7) is -0.0109. The van der Waals surface area contributed by atoms with E-state index in [4.69, 9.17) is 9.26 Å². The van der Waals surface area contributed by atoms with E-state index in [0.29, 0.717) is 5.76 Å². The number of aromatic amines is 1. The third-order valence-electron chi connectivity index (χ3n) is 4.35. The summed E-state index contributed by atoms with van der Waals surface area (Å²) >= 11 is 0. The normalized spacial score (nSPS) is 16.1. The van der Waals surface area contributed by atoms with Gasteiger partial charge in [-0.05, 0) is 37.0 Å². The largest absolute Gasteiger partial charge is 0.482 e. The first-order valence-corrected chi connectivity index (χ1v) is 8.34. The molecular weight excluding hydrogens is 339 g/mol. The number of rotatable bonds is 5. The number of H-pyrrole nitrogens is 1. The molecule has 7 nitrogen and oxygen atoms in total. The fraction of sp³-hybridized carbons (Fsp3) is 0.278. The van der Waals surface area contributed by atoms with E-state index < -0.39 is 5.82 Å². The third kappa shape index (κ3) is 3.44. The molecule has 2 heterocycles. The zero-order valence-corrected chi connectivity index (χ0v) is 13.9. The van der Waals surface area contributed by atoms with E-state index in [1.165, 1.54) is 18.2 Å². The minimum atomic E-state index is -0.458. The second-order valence-electron chi connectivity index (χ2n) is 6.18. The number of aryl methyl sites for hydroxylation is 1. The lowest BCUT2D eigenvalue weighted by Crippen LogP contribution is -2.38. The number of amides is 1. The Labute approximate surface area is 148 Å². The standard InChI is InChI=1S/C18H17FN4O3/c19-14-3-1-2-4-17(14)25-10-13-8-16(23-26-13)18(24)21-12-5-6-15-11(7-12)9-20-22-15/h1-4,8-9,12H,5-7,10H2,(H,20,22)(H,21,24). The number of para-hydroxylation sites is 1. The quantitative estimate of drug-likeness (QED) is 0.732. The van der Waals surface area contributed by atoms with Crippen molar-refractivity contribution in [3.63, 3.8) is 0 Å². The van der Waals surface area contributed by atoms with Crippen molar-refractivity contribution in [2.45, 2.75) is 31.9 Å². The van der Waals surface area contributed by atoms with Crippen LogP contribution in [-0.4, -0.2) is 27.3 Å². The second kappa shape index (κ2) is 6.99. The van der Waals surface area contributed by atoms with Gasteiger partial charge in [-0.1, -0.05) is 17.3 Å². The number of nitrogens with zero attached hydrogens (tertiary/aromatic N) is 2. The Morgan fingerprint density at radius 2 is 2.31 bits per heavy atom. The molecule has 4 rings (SSSR count). The summed E-state index contributed by atoms with van der Waals surface area (Å²) in [5.41, 5.74) is 2.43. The maximum atomic E-state index is 13.5. The zero-order chi connectivity index (χ0) is 17.9. The Bertz CT molecular complexity index is 921. The smallest absolute Gasteiger partial charge is 0.273 e. The van der Waals surface area contributed by atoms with E-state index in [0.717, 1.165) is 30.5 Å². The van der Waals surface area contributed by atoms with Gasteiger partial charge >= 0.3 is 0 Å². The number of halogens is 1. The van der Waals surface area contributed by atoms with Gasteiger partial charge in [0.1, 0.15) is 6.61 Å². The molecule has 134 valence electrons. The Hall–Kier alpha value is -3.16. The van der Waals surface area contributed by atoms with Crippen molar-refractivity contribution in [1.82, 2.24) is 20.7 Å². The maximum Gasteiger partial charge on any atom is 0.273 e. The number of benzene rings is 1. The van der Waals surface area contributed by atoms with E-state index >= 15 is 0 Å². The van der Waals surface area contributed by atoms with Gasteiger partial charge in [0.15, 0.2) is 23.0 Å². The molecule has 0 saturated heterocycles. The van der Waals surface area contributed by atoms with Crippen LogP contribution >= 0.6 is 0 Å². The van der Waals surface area contributed by atoms with Crippen LogP contribution in [0.15, 0.2) is 41.1 Å². The average molecular weight is 356 g/mol. The lowest BCUT2D eigenvalue weighted by Gasteiger charge is -2.22. The van der Waals surface area contributed by atoms with Gasteiger partial charge in [0.25, 0.3) is 5.91 Å². The first kappa shape index (κ1) is 16.3. The molecule has 26 heavy (non-hydrogen) atoms. The van der Waals surface area contributed by atoms with Crippen molar-refractivity contribution in [3.8, 4) is 5.75 Å². The molecule has 1 amide bonds. The predicted molar refractivity (Wildman–Crippen MR) is 89.1 cm³/mol. The number of ether oxygens (including phenoxy) is 1. The summed E-state index contributed by atoms with van der Waals surface area (Å²) in [7, 11) is 0. The molecule has 3 aromatic rings. The number of carbonyl (C=O) groups is 1. The first-order valence-electron chi connectivity index (χ1n) is 8.34. The fourth-order valence-corrected chi connectivity index (χ4v) is 3.00. The highest BCUT2D eigenvalue weighted by molar-refractivity contribution is 5.92. The molecule has 2 aromatic heterocycles. The molecule has 0 aliphatic heterocycles. The highest BCUT2D eigenvalue weighted by Gasteiger charge is 2.23. The van der Waals surface area contributed by atoms with E-state index in [9.17, 15) is 9.18 Å². The summed E-state index contributed by atoms with van der Waals surface area (Å²) in [6.07, 6.45) is 4.21. The van der Waals surface area contributed by atoms with Gasteiger partial charge in [-0.3, -0.25) is 9.89 Å². The molecule has 1 atom stereocenters. The van der Waals surface area contributed by atoms with Gasteiger partial charge in [-0.15, -0.1) is 0 Å². The van der Waals surface area contributed by atoms with Crippen molar-refractivity contribution in [2.24, 2.45) is 0 Å². The number of hydrogen-bond donors (Lipinski definition) is 2. The average Bonchev–Trinajstić information content (AvgIpc) is 3.30. The fourth-order valence-electron chi connectivity index (χ4n) is 3.00. The van der Waals surface area contributed by atoms with Gasteiger partial charge < -0.3 is 14.6 Å². The number of hydrogen-bond acceptors (Lipinski definition) is 5. The molecule has 2 N–H and O–H groups in total. The Kier molecular flexibility index (Phi) is 4.39. The molecule has 1 aliphatic rings. The topological polar surface area (TPSA) is 93.0 Å². The van der Waals surface area contributed by atoms with E-state index in [1.54, 1.807) is 18.3 Å². The predicted octanol–water partition coefficient (Wildman–Crippen LogP) is 2.40. The first-order chi connectivity index (χ1) is 12.7. The van der Waals surface area contributed by atoms with Crippen molar-refractivity contribution >= 4 is 5.91 Å². The van der Waals surface area contributed by atoms with Gasteiger partial charge in [0.2, 0.25) is 0 Å². The number of nitrogens with one attached hydrogen (secondary N) is 2. The van der Waals surface area contributed by atoms with Crippen LogP contribution in [0.5, 0.6) is 5.75 Å². The summed E-state index contributed by atoms with van der Waals surface area (Å²) in [4.78, 5) is 12.3. The van der Waals surface area contributed by atoms with Crippen LogP contribution in [0.1, 0.15) is 33.9 Å². The molecule has 0 saturated carbocycles. The molecule has 0 bridgehead atoms. The lowest BCUT2D eigenvalue weighted by molar-refractivity contribution is 0.0924. The van der Waals surface area contributed by atoms with E-state index in [2.05, 4.69) is 20.7 Å². The molecule has 8 heteroatoms. The summed E-state index contributed by atoms with van der Waals surface area (Å²) in [5, 5.41) is 13.7. The van der Waals surface area contributed by atoms with Crippen LogP contribution in [0.25, 0.3) is 0 Å². The third-order valence-corrected chi connectivity index (χ3v) is 4.35. The van der Waals surface area contributed by atoms with Crippen LogP contribution in [0, 0.1) is 5.82 Å². The van der Waals surface area contributed by atoms with Crippen LogP contribution in [-0.2, 0) is 19.4 Å². The Balaban J connectivity index is 1.34. The van der Waals surface area contributed by atoms with Gasteiger partial charge in [0, 0.05) is 17.8 Å². The highest BCUT2D eigenvalue weighted by atomic mass is 19.1. The van der Waals surface area contributed by atoms with Crippen LogP contribution in [0.2, 0.25) is 0 Å². The molecule has 1 aliphatic carbocycles. The molecule has 0 radical (unpaired) electrons. The van der Waals surface area contributed by atoms with E-state index in [1.807, 2.05) is 0 Å². The molecule has 1 unspecified atom stereocenters. The second-order valence-corrected chi connectivity index (χ2v) is 6.18. The monoisotopic (exact) mass is 356 g/mol. The van der Waals surface area contributed by atoms with Gasteiger partial charge in [-0.25, -0.2) is 4.39 Å². The minimum Gasteiger partial charge on any atom is -0.482 e. The summed E-state index contributed by atoms with van der Waals surface area (Å²) < 4.78 is 24.0. The van der Waals surface area contributed by atoms with Crippen molar-refractivity contribution in [1.29, 1.82) is 0 Å². The maximum absolute atomic E-state index is 13.5. The zero-order valence-electron chi connectivity index (χ0n) is 13.9. The summed E-state index contributed by atoms with van der Waals surface area (Å²) in [5.74, 6) is -0.295. The van der Waals surface area contributed by atoms with Crippen LogP contribution in [0.4, 0.5) is 4.39 Å².